The predicted molar refractivity (Wildman–Crippen MR) is 84.4 cm³/mol. The average Bonchev–Trinajstić information content (AvgIpc) is 2.44. The van der Waals surface area contributed by atoms with E-state index in [9.17, 15) is 19.7 Å². The van der Waals surface area contributed by atoms with Crippen molar-refractivity contribution in [2.75, 3.05) is 0 Å². The summed E-state index contributed by atoms with van der Waals surface area (Å²) >= 11 is 1.25. The highest BCUT2D eigenvalue weighted by molar-refractivity contribution is 8.00. The summed E-state index contributed by atoms with van der Waals surface area (Å²) in [6, 6.07) is 5.22. The summed E-state index contributed by atoms with van der Waals surface area (Å²) in [6.07, 6.45) is 0. The van der Waals surface area contributed by atoms with E-state index in [1.54, 1.807) is 32.9 Å². The second-order valence-electron chi connectivity index (χ2n) is 5.14. The first-order valence-electron chi connectivity index (χ1n) is 6.73. The highest BCUT2D eigenvalue weighted by Gasteiger charge is 2.24. The number of hydrogen-bond donors (Lipinski definition) is 2. The van der Waals surface area contributed by atoms with Gasteiger partial charge in [0.05, 0.1) is 10.2 Å². The van der Waals surface area contributed by atoms with Crippen molar-refractivity contribution in [2.24, 2.45) is 11.7 Å². The number of carbonyl (C=O) groups is 2. The zero-order valence-corrected chi connectivity index (χ0v) is 13.4. The van der Waals surface area contributed by atoms with Gasteiger partial charge in [0, 0.05) is 17.0 Å². The molecule has 1 aromatic carbocycles. The van der Waals surface area contributed by atoms with Crippen LogP contribution in [0.15, 0.2) is 29.2 Å². The van der Waals surface area contributed by atoms with Gasteiger partial charge < -0.3 is 11.1 Å². The number of nitrogens with one attached hydrogen (secondary N) is 1. The van der Waals surface area contributed by atoms with E-state index < -0.39 is 22.1 Å². The van der Waals surface area contributed by atoms with Crippen molar-refractivity contribution < 1.29 is 14.5 Å². The Hall–Kier alpha value is -2.09. The monoisotopic (exact) mass is 325 g/mol. The van der Waals surface area contributed by atoms with Crippen molar-refractivity contribution in [3.05, 3.63) is 34.4 Å². The molecule has 0 radical (unpaired) electrons. The molecule has 0 fully saturated rings. The van der Waals surface area contributed by atoms with Crippen molar-refractivity contribution >= 4 is 29.3 Å². The summed E-state index contributed by atoms with van der Waals surface area (Å²) in [7, 11) is 0. The maximum absolute atomic E-state index is 12.1. The molecule has 2 atom stereocenters. The number of primary amides is 1. The second kappa shape index (κ2) is 7.79. The summed E-state index contributed by atoms with van der Waals surface area (Å²) in [5.41, 5.74) is 5.25. The topological polar surface area (TPSA) is 115 Å². The van der Waals surface area contributed by atoms with Gasteiger partial charge in [-0.3, -0.25) is 19.7 Å². The number of thioether (sulfide) groups is 1. The van der Waals surface area contributed by atoms with E-state index in [0.717, 1.165) is 4.90 Å². The number of carbonyl (C=O) groups excluding carboxylic acids is 2. The molecule has 0 saturated heterocycles. The van der Waals surface area contributed by atoms with Crippen LogP contribution in [0, 0.1) is 16.0 Å². The molecule has 0 heterocycles. The van der Waals surface area contributed by atoms with Crippen LogP contribution in [0.25, 0.3) is 0 Å². The fourth-order valence-corrected chi connectivity index (χ4v) is 2.62. The third-order valence-electron chi connectivity index (χ3n) is 3.00. The summed E-state index contributed by atoms with van der Waals surface area (Å²) in [6.45, 7) is 5.29. The molecule has 2 unspecified atom stereocenters. The number of non-ortho nitro benzene ring substituents is 1. The van der Waals surface area contributed by atoms with Gasteiger partial charge in [0.2, 0.25) is 11.8 Å². The molecular formula is C14H19N3O4S. The largest absolute Gasteiger partial charge is 0.368 e. The molecule has 3 N–H and O–H groups in total. The number of hydrogen-bond acceptors (Lipinski definition) is 5. The van der Waals surface area contributed by atoms with E-state index in [4.69, 9.17) is 5.73 Å². The van der Waals surface area contributed by atoms with Crippen molar-refractivity contribution in [3.63, 3.8) is 0 Å². The molecule has 0 aliphatic carbocycles. The number of nitrogens with zero attached hydrogens (tertiary/aromatic N) is 1. The minimum absolute atomic E-state index is 0.00458. The molecule has 0 aromatic heterocycles. The van der Waals surface area contributed by atoms with Crippen LogP contribution in [-0.4, -0.2) is 28.0 Å². The van der Waals surface area contributed by atoms with Crippen molar-refractivity contribution in [2.45, 2.75) is 37.0 Å². The number of nitro groups is 1. The predicted octanol–water partition coefficient (Wildman–Crippen LogP) is 1.70. The van der Waals surface area contributed by atoms with Gasteiger partial charge in [-0.25, -0.2) is 0 Å². The molecule has 0 aliphatic heterocycles. The van der Waals surface area contributed by atoms with E-state index >= 15 is 0 Å². The zero-order chi connectivity index (χ0) is 16.9. The molecular weight excluding hydrogens is 306 g/mol. The Morgan fingerprint density at radius 3 is 2.18 bits per heavy atom. The maximum atomic E-state index is 12.1. The van der Waals surface area contributed by atoms with Crippen LogP contribution in [-0.2, 0) is 9.59 Å². The standard InChI is InChI=1S/C14H19N3O4S/c1-8(2)12(13(15)18)16-14(19)9(3)22-11-6-4-10(5-7-11)17(20)21/h4-9,12H,1-3H3,(H2,15,18)(H,16,19). The highest BCUT2D eigenvalue weighted by Crippen LogP contribution is 2.25. The quantitative estimate of drug-likeness (QED) is 0.450. The van der Waals surface area contributed by atoms with Gasteiger partial charge in [0.25, 0.3) is 5.69 Å². The van der Waals surface area contributed by atoms with Crippen LogP contribution >= 0.6 is 11.8 Å². The molecule has 7 nitrogen and oxygen atoms in total. The van der Waals surface area contributed by atoms with Crippen LogP contribution in [0.5, 0.6) is 0 Å². The van der Waals surface area contributed by atoms with Crippen molar-refractivity contribution in [1.82, 2.24) is 5.32 Å². The SMILES string of the molecule is CC(Sc1ccc([N+](=O)[O-])cc1)C(=O)NC(C(N)=O)C(C)C. The van der Waals surface area contributed by atoms with E-state index in [2.05, 4.69) is 5.32 Å². The number of rotatable bonds is 7. The van der Waals surface area contributed by atoms with Gasteiger partial charge in [-0.05, 0) is 25.0 Å². The van der Waals surface area contributed by atoms with Gasteiger partial charge in [-0.1, -0.05) is 13.8 Å². The lowest BCUT2D eigenvalue weighted by molar-refractivity contribution is -0.384. The molecule has 0 spiro atoms. The molecule has 2 amide bonds. The normalized spacial score (nSPS) is 13.5. The molecule has 0 saturated carbocycles. The number of amides is 2. The first-order chi connectivity index (χ1) is 10.2. The number of benzene rings is 1. The van der Waals surface area contributed by atoms with E-state index in [1.165, 1.54) is 23.9 Å². The van der Waals surface area contributed by atoms with E-state index in [-0.39, 0.29) is 17.5 Å². The molecule has 0 bridgehead atoms. The third kappa shape index (κ3) is 5.03. The number of nitrogens with two attached hydrogens (primary N) is 1. The van der Waals surface area contributed by atoms with Crippen LogP contribution < -0.4 is 11.1 Å². The van der Waals surface area contributed by atoms with Gasteiger partial charge >= 0.3 is 0 Å². The Bertz CT molecular complexity index is 560. The Morgan fingerprint density at radius 2 is 1.77 bits per heavy atom. The smallest absolute Gasteiger partial charge is 0.269 e. The minimum atomic E-state index is -0.715. The fraction of sp³-hybridized carbons (Fsp3) is 0.429. The molecule has 0 aliphatic rings. The van der Waals surface area contributed by atoms with Gasteiger partial charge in [0.15, 0.2) is 0 Å². The molecule has 1 aromatic rings. The van der Waals surface area contributed by atoms with Crippen LogP contribution in [0.1, 0.15) is 20.8 Å². The summed E-state index contributed by atoms with van der Waals surface area (Å²) < 4.78 is 0. The first-order valence-corrected chi connectivity index (χ1v) is 7.61. The molecule has 22 heavy (non-hydrogen) atoms. The highest BCUT2D eigenvalue weighted by atomic mass is 32.2. The molecule has 1 rings (SSSR count). The Kier molecular flexibility index (Phi) is 6.36. The third-order valence-corrected chi connectivity index (χ3v) is 4.11. The van der Waals surface area contributed by atoms with Crippen LogP contribution in [0.4, 0.5) is 5.69 Å². The molecule has 120 valence electrons. The molecule has 8 heteroatoms. The lowest BCUT2D eigenvalue weighted by Crippen LogP contribution is -2.49. The lowest BCUT2D eigenvalue weighted by Gasteiger charge is -2.21. The van der Waals surface area contributed by atoms with Crippen LogP contribution in [0.3, 0.4) is 0 Å². The summed E-state index contributed by atoms with van der Waals surface area (Å²) in [4.78, 5) is 34.2. The average molecular weight is 325 g/mol. The Balaban J connectivity index is 2.67. The van der Waals surface area contributed by atoms with Gasteiger partial charge in [-0.15, -0.1) is 11.8 Å². The van der Waals surface area contributed by atoms with Crippen molar-refractivity contribution in [3.8, 4) is 0 Å². The second-order valence-corrected chi connectivity index (χ2v) is 6.56. The van der Waals surface area contributed by atoms with E-state index in [0.29, 0.717) is 0 Å². The fourth-order valence-electron chi connectivity index (χ4n) is 1.74. The first kappa shape index (κ1) is 18.0. The van der Waals surface area contributed by atoms with E-state index in [1.807, 2.05) is 0 Å². The van der Waals surface area contributed by atoms with Crippen molar-refractivity contribution in [1.29, 1.82) is 0 Å². The summed E-state index contributed by atoms with van der Waals surface area (Å²) in [5, 5.41) is 12.7. The van der Waals surface area contributed by atoms with Crippen LogP contribution in [0.2, 0.25) is 0 Å². The maximum Gasteiger partial charge on any atom is 0.269 e. The zero-order valence-electron chi connectivity index (χ0n) is 12.6. The lowest BCUT2D eigenvalue weighted by atomic mass is 10.0. The minimum Gasteiger partial charge on any atom is -0.368 e. The Morgan fingerprint density at radius 1 is 1.23 bits per heavy atom. The van der Waals surface area contributed by atoms with Gasteiger partial charge in [0.1, 0.15) is 6.04 Å². The summed E-state index contributed by atoms with van der Waals surface area (Å²) in [5.74, 6) is -0.977. The number of nitro benzene ring substituents is 1. The van der Waals surface area contributed by atoms with Gasteiger partial charge in [-0.2, -0.15) is 0 Å². The Labute approximate surface area is 132 Å².